The Labute approximate surface area is 72.7 Å². The van der Waals surface area contributed by atoms with E-state index in [0.29, 0.717) is 12.5 Å². The zero-order valence-corrected chi connectivity index (χ0v) is 7.05. The van der Waals surface area contributed by atoms with Crippen LogP contribution in [0.1, 0.15) is 19.3 Å². The van der Waals surface area contributed by atoms with Crippen LogP contribution in [0.5, 0.6) is 0 Å². The van der Waals surface area contributed by atoms with E-state index in [0.717, 1.165) is 0 Å². The Hall–Kier alpha value is -1.01. The van der Waals surface area contributed by atoms with Gasteiger partial charge in [0, 0.05) is 12.6 Å². The van der Waals surface area contributed by atoms with Crippen LogP contribution < -0.4 is 11.1 Å². The summed E-state index contributed by atoms with van der Waals surface area (Å²) in [6.45, 7) is 0.561. The summed E-state index contributed by atoms with van der Waals surface area (Å²) in [5.41, 5.74) is 5.76. The second kappa shape index (κ2) is 4.13. The van der Waals surface area contributed by atoms with Crippen LogP contribution in [-0.4, -0.2) is 18.5 Å². The summed E-state index contributed by atoms with van der Waals surface area (Å²) >= 11 is 0. The van der Waals surface area contributed by atoms with E-state index < -0.39 is 0 Å². The molecule has 3 heteroatoms. The summed E-state index contributed by atoms with van der Waals surface area (Å²) in [4.78, 5) is 10.9. The molecule has 0 radical (unpaired) electrons. The molecular formula is C9H14N2O. The van der Waals surface area contributed by atoms with Gasteiger partial charge in [0.05, 0.1) is 6.42 Å². The average molecular weight is 166 g/mol. The van der Waals surface area contributed by atoms with Crippen molar-refractivity contribution in [3.05, 3.63) is 0 Å². The van der Waals surface area contributed by atoms with Crippen LogP contribution in [-0.2, 0) is 4.79 Å². The van der Waals surface area contributed by atoms with Gasteiger partial charge in [-0.25, -0.2) is 0 Å². The van der Waals surface area contributed by atoms with E-state index in [2.05, 4.69) is 11.2 Å². The van der Waals surface area contributed by atoms with Gasteiger partial charge in [0.25, 0.3) is 0 Å². The Morgan fingerprint density at radius 1 is 1.75 bits per heavy atom. The van der Waals surface area contributed by atoms with Crippen molar-refractivity contribution < 1.29 is 4.79 Å². The molecule has 66 valence electrons. The van der Waals surface area contributed by atoms with Crippen molar-refractivity contribution in [3.63, 3.8) is 0 Å². The van der Waals surface area contributed by atoms with Crippen LogP contribution in [0.3, 0.4) is 0 Å². The predicted octanol–water partition coefficient (Wildman–Crippen LogP) is -0.137. The molecule has 3 nitrogen and oxygen atoms in total. The van der Waals surface area contributed by atoms with E-state index in [1.165, 1.54) is 12.8 Å². The number of hydrogen-bond donors (Lipinski definition) is 2. The molecule has 0 heterocycles. The molecule has 1 aliphatic carbocycles. The molecule has 0 spiro atoms. The third-order valence-electron chi connectivity index (χ3n) is 2.03. The summed E-state index contributed by atoms with van der Waals surface area (Å²) in [5.74, 6) is 2.80. The summed E-state index contributed by atoms with van der Waals surface area (Å²) in [6, 6.07) is 0.117. The standard InChI is InChI=1S/C9H14N2O/c1-2-3-9(12)11-6-8(10)7-4-5-7/h1,7-8H,3-6,10H2,(H,11,12). The molecule has 1 fully saturated rings. The van der Waals surface area contributed by atoms with Crippen molar-refractivity contribution in [1.82, 2.24) is 5.32 Å². The molecule has 12 heavy (non-hydrogen) atoms. The monoisotopic (exact) mass is 166 g/mol. The minimum atomic E-state index is -0.103. The molecule has 0 bridgehead atoms. The van der Waals surface area contributed by atoms with Gasteiger partial charge in [-0.3, -0.25) is 4.79 Å². The maximum atomic E-state index is 10.9. The first kappa shape index (κ1) is 9.08. The fourth-order valence-electron chi connectivity index (χ4n) is 1.08. The lowest BCUT2D eigenvalue weighted by Crippen LogP contribution is -2.38. The third kappa shape index (κ3) is 2.93. The summed E-state index contributed by atoms with van der Waals surface area (Å²) < 4.78 is 0. The Morgan fingerprint density at radius 2 is 2.42 bits per heavy atom. The molecular weight excluding hydrogens is 152 g/mol. The molecule has 0 aliphatic heterocycles. The first-order valence-electron chi connectivity index (χ1n) is 4.19. The number of carbonyl (C=O) groups excluding carboxylic acids is 1. The lowest BCUT2D eigenvalue weighted by molar-refractivity contribution is -0.120. The highest BCUT2D eigenvalue weighted by molar-refractivity contribution is 5.78. The molecule has 1 saturated carbocycles. The zero-order chi connectivity index (χ0) is 8.97. The van der Waals surface area contributed by atoms with Crippen molar-refractivity contribution in [2.45, 2.75) is 25.3 Å². The van der Waals surface area contributed by atoms with Crippen molar-refractivity contribution in [2.75, 3.05) is 6.54 Å². The number of nitrogens with two attached hydrogens (primary N) is 1. The van der Waals surface area contributed by atoms with Gasteiger partial charge in [-0.2, -0.15) is 0 Å². The van der Waals surface area contributed by atoms with Gasteiger partial charge in [-0.15, -0.1) is 6.42 Å². The van der Waals surface area contributed by atoms with Crippen molar-refractivity contribution in [1.29, 1.82) is 0 Å². The number of nitrogens with one attached hydrogen (secondary N) is 1. The SMILES string of the molecule is C#CCC(=O)NCC(N)C1CC1. The Kier molecular flexibility index (Phi) is 3.12. The zero-order valence-electron chi connectivity index (χ0n) is 7.05. The fourth-order valence-corrected chi connectivity index (χ4v) is 1.08. The van der Waals surface area contributed by atoms with Crippen molar-refractivity contribution >= 4 is 5.91 Å². The molecule has 0 aromatic heterocycles. The third-order valence-corrected chi connectivity index (χ3v) is 2.03. The van der Waals surface area contributed by atoms with Gasteiger partial charge >= 0.3 is 0 Å². The van der Waals surface area contributed by atoms with Crippen LogP contribution >= 0.6 is 0 Å². The number of carbonyl (C=O) groups is 1. The lowest BCUT2D eigenvalue weighted by atomic mass is 10.2. The normalized spacial score (nSPS) is 18.0. The number of hydrogen-bond acceptors (Lipinski definition) is 2. The molecule has 0 saturated heterocycles. The molecule has 0 aromatic carbocycles. The van der Waals surface area contributed by atoms with Crippen molar-refractivity contribution in [3.8, 4) is 12.3 Å². The minimum Gasteiger partial charge on any atom is -0.354 e. The van der Waals surface area contributed by atoms with E-state index in [1.807, 2.05) is 0 Å². The number of amides is 1. The van der Waals surface area contributed by atoms with E-state index in [4.69, 9.17) is 12.2 Å². The van der Waals surface area contributed by atoms with Gasteiger partial charge in [-0.1, -0.05) is 5.92 Å². The Bertz CT molecular complexity index is 203. The molecule has 1 atom stereocenters. The first-order valence-corrected chi connectivity index (χ1v) is 4.19. The van der Waals surface area contributed by atoms with Crippen LogP contribution in [0.4, 0.5) is 0 Å². The van der Waals surface area contributed by atoms with Gasteiger partial charge < -0.3 is 11.1 Å². The highest BCUT2D eigenvalue weighted by Crippen LogP contribution is 2.31. The predicted molar refractivity (Wildman–Crippen MR) is 47.2 cm³/mol. The van der Waals surface area contributed by atoms with Crippen LogP contribution in [0.15, 0.2) is 0 Å². The summed E-state index contributed by atoms with van der Waals surface area (Å²) in [7, 11) is 0. The van der Waals surface area contributed by atoms with Gasteiger partial charge in [0.15, 0.2) is 0 Å². The molecule has 1 amide bonds. The van der Waals surface area contributed by atoms with Crippen molar-refractivity contribution in [2.24, 2.45) is 11.7 Å². The second-order valence-corrected chi connectivity index (χ2v) is 3.19. The minimum absolute atomic E-state index is 0.103. The summed E-state index contributed by atoms with van der Waals surface area (Å²) in [6.07, 6.45) is 7.52. The van der Waals surface area contributed by atoms with Crippen LogP contribution in [0, 0.1) is 18.3 Å². The van der Waals surface area contributed by atoms with E-state index in [9.17, 15) is 4.79 Å². The van der Waals surface area contributed by atoms with Gasteiger partial charge in [0.2, 0.25) is 5.91 Å². The maximum absolute atomic E-state index is 10.9. The molecule has 1 aliphatic rings. The topological polar surface area (TPSA) is 55.1 Å². The second-order valence-electron chi connectivity index (χ2n) is 3.19. The van der Waals surface area contributed by atoms with E-state index >= 15 is 0 Å². The van der Waals surface area contributed by atoms with Crippen LogP contribution in [0.25, 0.3) is 0 Å². The van der Waals surface area contributed by atoms with Gasteiger partial charge in [-0.05, 0) is 18.8 Å². The van der Waals surface area contributed by atoms with E-state index in [-0.39, 0.29) is 18.4 Å². The van der Waals surface area contributed by atoms with Gasteiger partial charge in [0.1, 0.15) is 0 Å². The average Bonchev–Trinajstić information content (AvgIpc) is 2.83. The number of rotatable bonds is 4. The lowest BCUT2D eigenvalue weighted by Gasteiger charge is -2.10. The maximum Gasteiger partial charge on any atom is 0.232 e. The smallest absolute Gasteiger partial charge is 0.232 e. The quantitative estimate of drug-likeness (QED) is 0.571. The van der Waals surface area contributed by atoms with Crippen LogP contribution in [0.2, 0.25) is 0 Å². The molecule has 1 unspecified atom stereocenters. The number of terminal acetylenes is 1. The highest BCUT2D eigenvalue weighted by Gasteiger charge is 2.28. The fraction of sp³-hybridized carbons (Fsp3) is 0.667. The molecule has 0 aromatic rings. The molecule has 1 rings (SSSR count). The van der Waals surface area contributed by atoms with E-state index in [1.54, 1.807) is 0 Å². The largest absolute Gasteiger partial charge is 0.354 e. The Morgan fingerprint density at radius 3 is 2.92 bits per heavy atom. The Balaban J connectivity index is 2.08. The highest BCUT2D eigenvalue weighted by atomic mass is 16.1. The first-order chi connectivity index (χ1) is 5.74. The molecule has 3 N–H and O–H groups in total. The summed E-state index contributed by atoms with van der Waals surface area (Å²) in [5, 5.41) is 2.70.